The number of anilines is 3. The topological polar surface area (TPSA) is 93.2 Å². The van der Waals surface area contributed by atoms with Crippen molar-refractivity contribution in [1.82, 2.24) is 9.97 Å². The van der Waals surface area contributed by atoms with Crippen LogP contribution in [0, 0.1) is 11.7 Å². The fraction of sp³-hybridized carbons (Fsp3) is 0.368. The Balaban J connectivity index is 2.07. The van der Waals surface area contributed by atoms with E-state index in [1.807, 2.05) is 0 Å². The van der Waals surface area contributed by atoms with E-state index in [1.54, 1.807) is 33.8 Å². The van der Waals surface area contributed by atoms with Crippen LogP contribution < -0.4 is 10.6 Å². The maximum absolute atomic E-state index is 13.6. The zero-order valence-electron chi connectivity index (χ0n) is 15.7. The van der Waals surface area contributed by atoms with Crippen molar-refractivity contribution in [1.29, 1.82) is 0 Å². The van der Waals surface area contributed by atoms with E-state index in [9.17, 15) is 14.0 Å². The summed E-state index contributed by atoms with van der Waals surface area (Å²) in [6, 6.07) is 5.53. The summed E-state index contributed by atoms with van der Waals surface area (Å²) < 4.78 is 18.9. The number of aromatic nitrogens is 2. The summed E-state index contributed by atoms with van der Waals surface area (Å²) in [4.78, 5) is 32.4. The highest BCUT2D eigenvalue weighted by molar-refractivity contribution is 5.97. The molecular weight excluding hydrogens is 351 g/mol. The molecular formula is C19H23FN4O3. The predicted molar refractivity (Wildman–Crippen MR) is 100.0 cm³/mol. The number of carbonyl (C=O) groups is 2. The van der Waals surface area contributed by atoms with Gasteiger partial charge in [0, 0.05) is 18.3 Å². The number of esters is 1. The molecule has 1 heterocycles. The van der Waals surface area contributed by atoms with E-state index in [2.05, 4.69) is 20.6 Å². The van der Waals surface area contributed by atoms with E-state index in [0.29, 0.717) is 11.4 Å². The van der Waals surface area contributed by atoms with Crippen molar-refractivity contribution in [3.63, 3.8) is 0 Å². The Bertz CT molecular complexity index is 806. The minimum absolute atomic E-state index is 0.0607. The molecule has 2 rings (SSSR count). The number of ether oxygens (including phenoxy) is 1. The average molecular weight is 374 g/mol. The molecule has 2 aromatic rings. The fourth-order valence-electron chi connectivity index (χ4n) is 2.19. The third-order valence-electron chi connectivity index (χ3n) is 3.39. The first-order valence-corrected chi connectivity index (χ1v) is 8.50. The molecule has 1 amide bonds. The molecule has 144 valence electrons. The van der Waals surface area contributed by atoms with Crippen LogP contribution in [0.1, 0.15) is 34.1 Å². The number of hydrogen-bond acceptors (Lipinski definition) is 6. The lowest BCUT2D eigenvalue weighted by Crippen LogP contribution is -2.28. The molecule has 0 radical (unpaired) electrons. The van der Waals surface area contributed by atoms with Crippen molar-refractivity contribution >= 4 is 29.2 Å². The van der Waals surface area contributed by atoms with E-state index >= 15 is 0 Å². The first-order valence-electron chi connectivity index (χ1n) is 8.50. The standard InChI is InChI=1S/C19H23FN4O3/c1-12(10-16(25)27-19(2,3)4)17(26)23-14-7-6-13(20)11-15(14)24-18-21-8-5-9-22-18/h5-9,11-12H,10H2,1-4H3,(H,23,26)(H,21,22,24)/t12-/m1/s1. The van der Waals surface area contributed by atoms with Crippen molar-refractivity contribution in [2.24, 2.45) is 5.92 Å². The van der Waals surface area contributed by atoms with Crippen molar-refractivity contribution in [2.45, 2.75) is 39.7 Å². The van der Waals surface area contributed by atoms with Gasteiger partial charge in [0.15, 0.2) is 0 Å². The van der Waals surface area contributed by atoms with Gasteiger partial charge in [-0.2, -0.15) is 0 Å². The van der Waals surface area contributed by atoms with Crippen LogP contribution in [0.15, 0.2) is 36.7 Å². The van der Waals surface area contributed by atoms with Gasteiger partial charge in [-0.3, -0.25) is 9.59 Å². The minimum Gasteiger partial charge on any atom is -0.460 e. The molecule has 0 saturated carbocycles. The van der Waals surface area contributed by atoms with Gasteiger partial charge in [-0.05, 0) is 45.0 Å². The molecule has 0 spiro atoms. The number of nitrogens with one attached hydrogen (secondary N) is 2. The van der Waals surface area contributed by atoms with Crippen LogP contribution in [0.5, 0.6) is 0 Å². The molecule has 0 unspecified atom stereocenters. The highest BCUT2D eigenvalue weighted by Crippen LogP contribution is 2.26. The third kappa shape index (κ3) is 6.65. The zero-order chi connectivity index (χ0) is 20.0. The third-order valence-corrected chi connectivity index (χ3v) is 3.39. The van der Waals surface area contributed by atoms with E-state index in [-0.39, 0.29) is 18.3 Å². The van der Waals surface area contributed by atoms with Crippen LogP contribution in [-0.2, 0) is 14.3 Å². The van der Waals surface area contributed by atoms with Crippen molar-refractivity contribution in [3.05, 3.63) is 42.5 Å². The Morgan fingerprint density at radius 2 is 1.85 bits per heavy atom. The van der Waals surface area contributed by atoms with Gasteiger partial charge in [-0.15, -0.1) is 0 Å². The summed E-state index contributed by atoms with van der Waals surface area (Å²) >= 11 is 0. The minimum atomic E-state index is -0.620. The SMILES string of the molecule is C[C@H](CC(=O)OC(C)(C)C)C(=O)Nc1ccc(F)cc1Nc1ncccn1. The summed E-state index contributed by atoms with van der Waals surface area (Å²) in [5.41, 5.74) is 0.0423. The number of carbonyl (C=O) groups excluding carboxylic acids is 2. The Hall–Kier alpha value is -3.03. The number of rotatable bonds is 6. The van der Waals surface area contributed by atoms with Crippen LogP contribution in [-0.4, -0.2) is 27.4 Å². The lowest BCUT2D eigenvalue weighted by Gasteiger charge is -2.21. The quantitative estimate of drug-likeness (QED) is 0.750. The van der Waals surface area contributed by atoms with Crippen LogP contribution >= 0.6 is 0 Å². The van der Waals surface area contributed by atoms with Crippen molar-refractivity contribution < 1.29 is 18.7 Å². The summed E-state index contributed by atoms with van der Waals surface area (Å²) in [6.45, 7) is 6.91. The van der Waals surface area contributed by atoms with Crippen LogP contribution in [0.4, 0.5) is 21.7 Å². The molecule has 1 aromatic carbocycles. The predicted octanol–water partition coefficient (Wildman–Crippen LogP) is 3.67. The van der Waals surface area contributed by atoms with Gasteiger partial charge in [0.25, 0.3) is 0 Å². The second-order valence-corrected chi connectivity index (χ2v) is 7.07. The molecule has 1 aromatic heterocycles. The molecule has 7 nitrogen and oxygen atoms in total. The molecule has 0 aliphatic rings. The molecule has 0 aliphatic carbocycles. The second-order valence-electron chi connectivity index (χ2n) is 7.07. The molecule has 0 saturated heterocycles. The Morgan fingerprint density at radius 3 is 2.48 bits per heavy atom. The number of amides is 1. The smallest absolute Gasteiger partial charge is 0.307 e. The highest BCUT2D eigenvalue weighted by atomic mass is 19.1. The molecule has 0 fully saturated rings. The van der Waals surface area contributed by atoms with Crippen LogP contribution in [0.2, 0.25) is 0 Å². The van der Waals surface area contributed by atoms with Crippen LogP contribution in [0.3, 0.4) is 0 Å². The second kappa shape index (κ2) is 8.57. The first-order chi connectivity index (χ1) is 12.6. The van der Waals surface area contributed by atoms with Gasteiger partial charge >= 0.3 is 5.97 Å². The molecule has 0 aliphatic heterocycles. The van der Waals surface area contributed by atoms with Gasteiger partial charge in [0.1, 0.15) is 11.4 Å². The number of halogens is 1. The normalized spacial score (nSPS) is 12.2. The van der Waals surface area contributed by atoms with E-state index < -0.39 is 23.3 Å². The van der Waals surface area contributed by atoms with Gasteiger partial charge in [-0.1, -0.05) is 6.92 Å². The largest absolute Gasteiger partial charge is 0.460 e. The van der Waals surface area contributed by atoms with Gasteiger partial charge in [-0.25, -0.2) is 14.4 Å². The van der Waals surface area contributed by atoms with Crippen molar-refractivity contribution in [2.75, 3.05) is 10.6 Å². The molecule has 1 atom stereocenters. The van der Waals surface area contributed by atoms with E-state index in [4.69, 9.17) is 4.74 Å². The van der Waals surface area contributed by atoms with Gasteiger partial charge in [0.2, 0.25) is 11.9 Å². The number of hydrogen-bond donors (Lipinski definition) is 2. The fourth-order valence-corrected chi connectivity index (χ4v) is 2.19. The summed E-state index contributed by atoms with van der Waals surface area (Å²) in [5, 5.41) is 5.56. The summed E-state index contributed by atoms with van der Waals surface area (Å²) in [5.74, 6) is -1.68. The van der Waals surface area contributed by atoms with Crippen molar-refractivity contribution in [3.8, 4) is 0 Å². The van der Waals surface area contributed by atoms with E-state index in [1.165, 1.54) is 30.6 Å². The number of nitrogens with zero attached hydrogens (tertiary/aromatic N) is 2. The lowest BCUT2D eigenvalue weighted by atomic mass is 10.1. The highest BCUT2D eigenvalue weighted by Gasteiger charge is 2.23. The molecule has 27 heavy (non-hydrogen) atoms. The molecule has 8 heteroatoms. The molecule has 2 N–H and O–H groups in total. The lowest BCUT2D eigenvalue weighted by molar-refractivity contribution is -0.156. The monoisotopic (exact) mass is 374 g/mol. The summed E-state index contributed by atoms with van der Waals surface area (Å²) in [6.07, 6.45) is 3.01. The van der Waals surface area contributed by atoms with Gasteiger partial charge in [0.05, 0.1) is 17.8 Å². The maximum atomic E-state index is 13.6. The van der Waals surface area contributed by atoms with Gasteiger partial charge < -0.3 is 15.4 Å². The number of benzene rings is 1. The Kier molecular flexibility index (Phi) is 6.44. The summed E-state index contributed by atoms with van der Waals surface area (Å²) in [7, 11) is 0. The Morgan fingerprint density at radius 1 is 1.19 bits per heavy atom. The maximum Gasteiger partial charge on any atom is 0.307 e. The first kappa shape index (κ1) is 20.3. The Labute approximate surface area is 157 Å². The molecule has 0 bridgehead atoms. The average Bonchev–Trinajstić information content (AvgIpc) is 2.56. The zero-order valence-corrected chi connectivity index (χ0v) is 15.7. The van der Waals surface area contributed by atoms with Crippen LogP contribution in [0.25, 0.3) is 0 Å². The van der Waals surface area contributed by atoms with E-state index in [0.717, 1.165) is 0 Å².